The van der Waals surface area contributed by atoms with Crippen molar-refractivity contribution in [3.05, 3.63) is 24.0 Å². The molecule has 0 spiro atoms. The third-order valence-electron chi connectivity index (χ3n) is 2.06. The van der Waals surface area contributed by atoms with Crippen molar-refractivity contribution in [2.45, 2.75) is 20.0 Å². The van der Waals surface area contributed by atoms with Gasteiger partial charge in [0, 0.05) is 13.2 Å². The maximum Gasteiger partial charge on any atom is 0.122 e. The van der Waals surface area contributed by atoms with Crippen LogP contribution >= 0.6 is 12.2 Å². The fourth-order valence-electron chi connectivity index (χ4n) is 1.25. The monoisotopic (exact) mass is 239 g/mol. The maximum atomic E-state index is 5.45. The van der Waals surface area contributed by atoms with Crippen molar-refractivity contribution in [1.29, 1.82) is 0 Å². The highest BCUT2D eigenvalue weighted by atomic mass is 32.1. The van der Waals surface area contributed by atoms with E-state index in [4.69, 9.17) is 22.7 Å². The molecule has 0 amide bonds. The summed E-state index contributed by atoms with van der Waals surface area (Å²) in [7, 11) is 0. The number of ether oxygens (including phenoxy) is 1. The molecule has 0 aliphatic rings. The minimum absolute atomic E-state index is 0.181. The molecule has 1 aromatic rings. The van der Waals surface area contributed by atoms with Crippen LogP contribution in [0.1, 0.15) is 19.5 Å². The van der Waals surface area contributed by atoms with Gasteiger partial charge in [-0.15, -0.1) is 0 Å². The first-order valence-corrected chi connectivity index (χ1v) is 5.65. The Kier molecular flexibility index (Phi) is 5.14. The molecule has 0 aliphatic heterocycles. The van der Waals surface area contributed by atoms with E-state index in [9.17, 15) is 0 Å². The van der Waals surface area contributed by atoms with Crippen molar-refractivity contribution < 1.29 is 4.74 Å². The van der Waals surface area contributed by atoms with Crippen LogP contribution in [0, 0.1) is 0 Å². The molecule has 0 radical (unpaired) electrons. The van der Waals surface area contributed by atoms with Gasteiger partial charge in [-0.1, -0.05) is 12.2 Å². The van der Waals surface area contributed by atoms with Crippen LogP contribution in [0.15, 0.2) is 18.3 Å². The Morgan fingerprint density at radius 2 is 2.38 bits per heavy atom. The Hall–Kier alpha value is -1.20. The fraction of sp³-hybridized carbons (Fsp3) is 0.455. The Morgan fingerprint density at radius 3 is 2.88 bits per heavy atom. The van der Waals surface area contributed by atoms with Gasteiger partial charge in [0.25, 0.3) is 0 Å². The van der Waals surface area contributed by atoms with E-state index in [0.717, 1.165) is 18.8 Å². The van der Waals surface area contributed by atoms with Gasteiger partial charge in [-0.25, -0.2) is 0 Å². The summed E-state index contributed by atoms with van der Waals surface area (Å²) in [5.74, 6) is 0. The molecule has 1 unspecified atom stereocenters. The second-order valence-corrected chi connectivity index (χ2v) is 3.88. The van der Waals surface area contributed by atoms with Gasteiger partial charge >= 0.3 is 0 Å². The third-order valence-corrected chi connectivity index (χ3v) is 2.27. The zero-order valence-electron chi connectivity index (χ0n) is 9.56. The van der Waals surface area contributed by atoms with Gasteiger partial charge in [-0.05, 0) is 26.0 Å². The zero-order valence-corrected chi connectivity index (χ0v) is 10.4. The molecule has 0 aliphatic carbocycles. The summed E-state index contributed by atoms with van der Waals surface area (Å²) in [6.07, 6.45) is 1.90. The molecule has 4 nitrogen and oxygen atoms in total. The first-order valence-electron chi connectivity index (χ1n) is 5.24. The summed E-state index contributed by atoms with van der Waals surface area (Å²) >= 11 is 4.82. The molecule has 0 saturated heterocycles. The highest BCUT2D eigenvalue weighted by Crippen LogP contribution is 2.06. The standard InChI is InChI=1S/C11H17N3OS/c1-3-15-8(2)6-13-9-4-5-10(11(12)16)14-7-9/h4-5,7-8,13H,3,6H2,1-2H3,(H2,12,16). The highest BCUT2D eigenvalue weighted by molar-refractivity contribution is 7.80. The Morgan fingerprint density at radius 1 is 1.62 bits per heavy atom. The number of pyridine rings is 1. The lowest BCUT2D eigenvalue weighted by atomic mass is 10.3. The lowest BCUT2D eigenvalue weighted by molar-refractivity contribution is 0.0855. The second kappa shape index (κ2) is 6.40. The van der Waals surface area contributed by atoms with E-state index >= 15 is 0 Å². The zero-order chi connectivity index (χ0) is 12.0. The van der Waals surface area contributed by atoms with Gasteiger partial charge in [0.05, 0.1) is 23.7 Å². The summed E-state index contributed by atoms with van der Waals surface area (Å²) in [5.41, 5.74) is 7.03. The van der Waals surface area contributed by atoms with E-state index in [1.54, 1.807) is 12.3 Å². The van der Waals surface area contributed by atoms with Crippen molar-refractivity contribution in [3.63, 3.8) is 0 Å². The van der Waals surface area contributed by atoms with Crippen molar-refractivity contribution in [3.8, 4) is 0 Å². The second-order valence-electron chi connectivity index (χ2n) is 3.44. The van der Waals surface area contributed by atoms with Crippen molar-refractivity contribution in [1.82, 2.24) is 4.98 Å². The molecule has 1 rings (SSSR count). The Bertz CT molecular complexity index is 340. The van der Waals surface area contributed by atoms with E-state index in [0.29, 0.717) is 10.7 Å². The SMILES string of the molecule is CCOC(C)CNc1ccc(C(N)=S)nc1. The van der Waals surface area contributed by atoms with Crippen LogP contribution in [0.3, 0.4) is 0 Å². The molecule has 0 aromatic carbocycles. The average molecular weight is 239 g/mol. The number of anilines is 1. The number of aromatic nitrogens is 1. The smallest absolute Gasteiger partial charge is 0.122 e. The van der Waals surface area contributed by atoms with Crippen LogP contribution in [0.4, 0.5) is 5.69 Å². The molecule has 5 heteroatoms. The number of nitrogens with two attached hydrogens (primary N) is 1. The molecular weight excluding hydrogens is 222 g/mol. The Balaban J connectivity index is 2.46. The molecule has 16 heavy (non-hydrogen) atoms. The Labute approximate surface area is 101 Å². The average Bonchev–Trinajstić information content (AvgIpc) is 2.27. The molecular formula is C11H17N3OS. The largest absolute Gasteiger partial charge is 0.388 e. The number of nitrogens with zero attached hydrogens (tertiary/aromatic N) is 1. The molecule has 1 atom stereocenters. The van der Waals surface area contributed by atoms with Gasteiger partial charge in [-0.2, -0.15) is 0 Å². The van der Waals surface area contributed by atoms with Crippen molar-refractivity contribution in [2.24, 2.45) is 5.73 Å². The number of rotatable bonds is 6. The molecule has 0 bridgehead atoms. The molecule has 3 N–H and O–H groups in total. The molecule has 0 saturated carbocycles. The minimum Gasteiger partial charge on any atom is -0.388 e. The van der Waals surface area contributed by atoms with Gasteiger partial charge < -0.3 is 15.8 Å². The first kappa shape index (κ1) is 12.9. The summed E-state index contributed by atoms with van der Waals surface area (Å²) in [6, 6.07) is 3.70. The van der Waals surface area contributed by atoms with Crippen LogP contribution in [-0.4, -0.2) is 29.2 Å². The van der Waals surface area contributed by atoms with Crippen LogP contribution in [-0.2, 0) is 4.74 Å². The third kappa shape index (κ3) is 4.12. The lowest BCUT2D eigenvalue weighted by Gasteiger charge is -2.13. The topological polar surface area (TPSA) is 60.2 Å². The van der Waals surface area contributed by atoms with E-state index < -0.39 is 0 Å². The number of thiocarbonyl (C=S) groups is 1. The fourth-order valence-corrected chi connectivity index (χ4v) is 1.37. The summed E-state index contributed by atoms with van der Waals surface area (Å²) in [6.45, 7) is 5.48. The van der Waals surface area contributed by atoms with Crippen LogP contribution in [0.25, 0.3) is 0 Å². The maximum absolute atomic E-state index is 5.45. The summed E-state index contributed by atoms with van der Waals surface area (Å²) in [4.78, 5) is 4.45. The van der Waals surface area contributed by atoms with Gasteiger partial charge in [-0.3, -0.25) is 4.98 Å². The van der Waals surface area contributed by atoms with Crippen LogP contribution in [0.2, 0.25) is 0 Å². The van der Waals surface area contributed by atoms with Crippen LogP contribution in [0.5, 0.6) is 0 Å². The normalized spacial score (nSPS) is 12.1. The predicted molar refractivity (Wildman–Crippen MR) is 69.7 cm³/mol. The van der Waals surface area contributed by atoms with E-state index in [2.05, 4.69) is 10.3 Å². The molecule has 0 fully saturated rings. The van der Waals surface area contributed by atoms with E-state index in [1.165, 1.54) is 0 Å². The number of nitrogens with one attached hydrogen (secondary N) is 1. The van der Waals surface area contributed by atoms with Crippen molar-refractivity contribution >= 4 is 22.9 Å². The molecule has 88 valence electrons. The number of hydrogen-bond acceptors (Lipinski definition) is 4. The highest BCUT2D eigenvalue weighted by Gasteiger charge is 2.01. The summed E-state index contributed by atoms with van der Waals surface area (Å²) < 4.78 is 5.40. The van der Waals surface area contributed by atoms with Gasteiger partial charge in [0.2, 0.25) is 0 Å². The predicted octanol–water partition coefficient (Wildman–Crippen LogP) is 1.55. The number of hydrogen-bond donors (Lipinski definition) is 2. The summed E-state index contributed by atoms with van der Waals surface area (Å²) in [5, 5.41) is 3.22. The molecule has 1 aromatic heterocycles. The van der Waals surface area contributed by atoms with Crippen molar-refractivity contribution in [2.75, 3.05) is 18.5 Å². The van der Waals surface area contributed by atoms with E-state index in [-0.39, 0.29) is 6.10 Å². The molecule has 1 heterocycles. The lowest BCUT2D eigenvalue weighted by Crippen LogP contribution is -2.20. The van der Waals surface area contributed by atoms with E-state index in [1.807, 2.05) is 19.9 Å². The first-order chi connectivity index (χ1) is 7.63. The minimum atomic E-state index is 0.181. The quantitative estimate of drug-likeness (QED) is 0.738. The van der Waals surface area contributed by atoms with Crippen LogP contribution < -0.4 is 11.1 Å². The van der Waals surface area contributed by atoms with Gasteiger partial charge in [0.1, 0.15) is 4.99 Å². The van der Waals surface area contributed by atoms with Gasteiger partial charge in [0.15, 0.2) is 0 Å².